The lowest BCUT2D eigenvalue weighted by molar-refractivity contribution is -0.148. The molecule has 33 heavy (non-hydrogen) atoms. The maximum Gasteiger partial charge on any atom is 0.341 e. The highest BCUT2D eigenvalue weighted by atomic mass is 19.1. The fourth-order valence-electron chi connectivity index (χ4n) is 2.80. The maximum absolute atomic E-state index is 13.0. The van der Waals surface area contributed by atoms with Gasteiger partial charge in [0.25, 0.3) is 0 Å². The first-order valence-corrected chi connectivity index (χ1v) is 10.1. The van der Waals surface area contributed by atoms with Crippen LogP contribution in [0.15, 0.2) is 66.9 Å². The lowest BCUT2D eigenvalue weighted by atomic mass is 9.95. The molecular weight excluding hydrogens is 427 g/mol. The Hall–Kier alpha value is -4.27. The smallest absolute Gasteiger partial charge is 0.341 e. The number of nitrogens with zero attached hydrogens (tertiary/aromatic N) is 3. The highest BCUT2D eigenvalue weighted by molar-refractivity contribution is 5.73. The van der Waals surface area contributed by atoms with Gasteiger partial charge < -0.3 is 14.6 Å². The molecule has 168 valence electrons. The van der Waals surface area contributed by atoms with E-state index in [0.29, 0.717) is 17.5 Å². The summed E-state index contributed by atoms with van der Waals surface area (Å²) in [6.45, 7) is 3.21. The Kier molecular flexibility index (Phi) is 6.03. The zero-order valence-corrected chi connectivity index (χ0v) is 17.9. The van der Waals surface area contributed by atoms with Gasteiger partial charge in [-0.1, -0.05) is 24.3 Å². The van der Waals surface area contributed by atoms with E-state index in [1.807, 2.05) is 30.3 Å². The van der Waals surface area contributed by atoms with E-state index in [1.54, 1.807) is 26.1 Å². The Labute approximate surface area is 189 Å². The van der Waals surface area contributed by atoms with E-state index >= 15 is 0 Å². The van der Waals surface area contributed by atoms with Crippen molar-refractivity contribution in [1.82, 2.24) is 20.2 Å². The van der Waals surface area contributed by atoms with Crippen LogP contribution in [0.25, 0.3) is 22.5 Å². The summed E-state index contributed by atoms with van der Waals surface area (Å²) in [5.41, 5.74) is 1.63. The number of pyridine rings is 1. The summed E-state index contributed by atoms with van der Waals surface area (Å²) in [6, 6.07) is 16.9. The van der Waals surface area contributed by atoms with Gasteiger partial charge in [-0.25, -0.2) is 9.37 Å². The van der Waals surface area contributed by atoms with Crippen LogP contribution in [0.2, 0.25) is 0 Å². The molecule has 0 fully saturated rings. The molecule has 0 amide bonds. The molecule has 0 aliphatic heterocycles. The van der Waals surface area contributed by atoms with Gasteiger partial charge in [-0.05, 0) is 49.7 Å². The molecule has 0 unspecified atom stereocenters. The summed E-state index contributed by atoms with van der Waals surface area (Å²) >= 11 is 0. The van der Waals surface area contributed by atoms with Crippen molar-refractivity contribution in [3.05, 3.63) is 72.7 Å². The fourth-order valence-corrected chi connectivity index (χ4v) is 2.80. The molecule has 2 aromatic carbocycles. The van der Waals surface area contributed by atoms with Crippen molar-refractivity contribution < 1.29 is 23.8 Å². The number of halogens is 1. The van der Waals surface area contributed by atoms with Gasteiger partial charge >= 0.3 is 12.0 Å². The molecule has 8 nitrogen and oxygen atoms in total. The second-order valence-corrected chi connectivity index (χ2v) is 7.96. The quantitative estimate of drug-likeness (QED) is 0.392. The zero-order chi connectivity index (χ0) is 23.4. The average Bonchev–Trinajstić information content (AvgIpc) is 3.28. The van der Waals surface area contributed by atoms with Gasteiger partial charge in [0.05, 0.1) is 5.41 Å². The lowest BCUT2D eigenvalue weighted by Gasteiger charge is -2.18. The third-order valence-electron chi connectivity index (χ3n) is 4.88. The van der Waals surface area contributed by atoms with Crippen LogP contribution in [-0.4, -0.2) is 37.8 Å². The number of aromatic nitrogens is 4. The van der Waals surface area contributed by atoms with E-state index < -0.39 is 11.4 Å². The summed E-state index contributed by atoms with van der Waals surface area (Å²) < 4.78 is 24.0. The van der Waals surface area contributed by atoms with E-state index in [4.69, 9.17) is 14.6 Å². The number of carboxylic acids is 1. The number of carboxylic acid groups (broad SMARTS) is 1. The van der Waals surface area contributed by atoms with Crippen LogP contribution >= 0.6 is 0 Å². The number of nitrogens with one attached hydrogen (secondary N) is 1. The number of H-pyrrole nitrogens is 1. The number of carbonyl (C=O) groups is 1. The molecule has 2 aromatic heterocycles. The molecule has 2 heterocycles. The molecule has 4 rings (SSSR count). The number of ether oxygens (including phenoxy) is 2. The minimum atomic E-state index is -0.999. The number of hydrogen-bond acceptors (Lipinski definition) is 6. The van der Waals surface area contributed by atoms with Gasteiger partial charge in [0.2, 0.25) is 5.88 Å². The number of aromatic amines is 1. The van der Waals surface area contributed by atoms with E-state index in [1.165, 1.54) is 24.3 Å². The third kappa shape index (κ3) is 5.32. The van der Waals surface area contributed by atoms with E-state index in [9.17, 15) is 9.18 Å². The summed E-state index contributed by atoms with van der Waals surface area (Å²) in [6.07, 6.45) is 1.67. The molecule has 0 spiro atoms. The first-order chi connectivity index (χ1) is 15.8. The number of hydrogen-bond donors (Lipinski definition) is 2. The summed E-state index contributed by atoms with van der Waals surface area (Å²) in [5, 5.41) is 16.0. The molecule has 0 atom stereocenters. The minimum absolute atomic E-state index is 0.0213. The van der Waals surface area contributed by atoms with E-state index in [0.717, 1.165) is 16.7 Å². The van der Waals surface area contributed by atoms with Crippen LogP contribution in [0.3, 0.4) is 0 Å². The molecule has 0 bridgehead atoms. The predicted octanol–water partition coefficient (Wildman–Crippen LogP) is 4.95. The van der Waals surface area contributed by atoms with Gasteiger partial charge in [-0.15, -0.1) is 5.10 Å². The lowest BCUT2D eigenvalue weighted by Crippen LogP contribution is -2.30. The number of aliphatic carboxylic acids is 1. The Bertz CT molecular complexity index is 1240. The predicted molar refractivity (Wildman–Crippen MR) is 118 cm³/mol. The fraction of sp³-hybridized carbons (Fsp3) is 0.167. The van der Waals surface area contributed by atoms with Crippen LogP contribution in [0.5, 0.6) is 17.6 Å². The SMILES string of the molecule is CC(C)(COc1ccc(-c2ccc(-c3nc(Oc4ccc(F)cc4)n[nH]3)cc2)cn1)C(=O)O. The van der Waals surface area contributed by atoms with Gasteiger partial charge in [0.1, 0.15) is 18.2 Å². The average molecular weight is 448 g/mol. The highest BCUT2D eigenvalue weighted by Crippen LogP contribution is 2.26. The molecule has 4 aromatic rings. The van der Waals surface area contributed by atoms with Gasteiger partial charge in [-0.2, -0.15) is 4.98 Å². The highest BCUT2D eigenvalue weighted by Gasteiger charge is 2.28. The van der Waals surface area contributed by atoms with Gasteiger partial charge in [-0.3, -0.25) is 9.89 Å². The Morgan fingerprint density at radius 2 is 1.67 bits per heavy atom. The van der Waals surface area contributed by atoms with Crippen LogP contribution in [0.1, 0.15) is 13.8 Å². The molecule has 9 heteroatoms. The Morgan fingerprint density at radius 3 is 2.30 bits per heavy atom. The Morgan fingerprint density at radius 1 is 1.00 bits per heavy atom. The summed E-state index contributed by atoms with van der Waals surface area (Å²) in [4.78, 5) is 19.8. The van der Waals surface area contributed by atoms with Crippen molar-refractivity contribution in [1.29, 1.82) is 0 Å². The zero-order valence-electron chi connectivity index (χ0n) is 17.9. The van der Waals surface area contributed by atoms with E-state index in [2.05, 4.69) is 20.2 Å². The maximum atomic E-state index is 13.0. The summed E-state index contributed by atoms with van der Waals surface area (Å²) in [5.74, 6) is 0.0445. The van der Waals surface area contributed by atoms with Gasteiger partial charge in [0, 0.05) is 23.4 Å². The standard InChI is InChI=1S/C24H21FN4O4/c1-24(2,22(30)31)14-32-20-12-7-17(13-26-20)15-3-5-16(6-4-15)21-27-23(29-28-21)33-19-10-8-18(25)9-11-19/h3-13H,14H2,1-2H3,(H,30,31)(H,27,28,29). The van der Waals surface area contributed by atoms with Gasteiger partial charge in [0.15, 0.2) is 5.82 Å². The topological polar surface area (TPSA) is 110 Å². The van der Waals surface area contributed by atoms with E-state index in [-0.39, 0.29) is 18.4 Å². The largest absolute Gasteiger partial charge is 0.481 e. The monoisotopic (exact) mass is 448 g/mol. The number of rotatable bonds is 8. The van der Waals surface area contributed by atoms with Crippen molar-refractivity contribution in [2.75, 3.05) is 6.61 Å². The number of benzene rings is 2. The Balaban J connectivity index is 1.40. The molecule has 0 radical (unpaired) electrons. The second kappa shape index (κ2) is 9.07. The van der Waals surface area contributed by atoms with Crippen molar-refractivity contribution in [3.63, 3.8) is 0 Å². The minimum Gasteiger partial charge on any atom is -0.481 e. The normalized spacial score (nSPS) is 11.2. The molecule has 0 saturated carbocycles. The molecule has 0 aliphatic rings. The van der Waals surface area contributed by atoms with Crippen molar-refractivity contribution in [2.45, 2.75) is 13.8 Å². The van der Waals surface area contributed by atoms with Crippen LogP contribution in [0, 0.1) is 11.2 Å². The molecule has 0 saturated heterocycles. The van der Waals surface area contributed by atoms with Crippen molar-refractivity contribution >= 4 is 5.97 Å². The van der Waals surface area contributed by atoms with Crippen LogP contribution in [0.4, 0.5) is 4.39 Å². The third-order valence-corrected chi connectivity index (χ3v) is 4.88. The molecular formula is C24H21FN4O4. The van der Waals surface area contributed by atoms with Crippen LogP contribution in [-0.2, 0) is 4.79 Å². The first kappa shape index (κ1) is 21.9. The summed E-state index contributed by atoms with van der Waals surface area (Å²) in [7, 11) is 0. The van der Waals surface area contributed by atoms with Crippen molar-refractivity contribution in [2.24, 2.45) is 5.41 Å². The molecule has 0 aliphatic carbocycles. The first-order valence-electron chi connectivity index (χ1n) is 10.1. The van der Waals surface area contributed by atoms with Crippen LogP contribution < -0.4 is 9.47 Å². The second-order valence-electron chi connectivity index (χ2n) is 7.96. The van der Waals surface area contributed by atoms with Crippen molar-refractivity contribution in [3.8, 4) is 40.2 Å². The molecule has 2 N–H and O–H groups in total.